The third-order valence-electron chi connectivity index (χ3n) is 2.68. The Morgan fingerprint density at radius 1 is 1.33 bits per heavy atom. The molecule has 0 atom stereocenters. The van der Waals surface area contributed by atoms with E-state index in [0.717, 1.165) is 0 Å². The predicted octanol–water partition coefficient (Wildman–Crippen LogP) is 0.578. The summed E-state index contributed by atoms with van der Waals surface area (Å²) >= 11 is 0. The van der Waals surface area contributed by atoms with Crippen LogP contribution in [0.1, 0.15) is 5.69 Å². The summed E-state index contributed by atoms with van der Waals surface area (Å²) in [6.45, 7) is -0.194. The average molecular weight is 289 g/mol. The minimum Gasteiger partial charge on any atom is -0.481 e. The maximum absolute atomic E-state index is 11.7. The third-order valence-corrected chi connectivity index (χ3v) is 2.68. The predicted molar refractivity (Wildman–Crippen MR) is 75.7 cm³/mol. The normalized spacial score (nSPS) is 10.1. The molecule has 21 heavy (non-hydrogen) atoms. The van der Waals surface area contributed by atoms with Crippen LogP contribution < -0.4 is 16.0 Å². The molecule has 110 valence electrons. The van der Waals surface area contributed by atoms with E-state index in [4.69, 9.17) is 15.2 Å². The first-order valence-electron chi connectivity index (χ1n) is 6.20. The first-order valence-corrected chi connectivity index (χ1v) is 6.20. The first kappa shape index (κ1) is 14.6. The Balaban J connectivity index is 1.95. The Morgan fingerprint density at radius 3 is 2.90 bits per heavy atom. The second kappa shape index (κ2) is 6.56. The van der Waals surface area contributed by atoms with Gasteiger partial charge in [-0.3, -0.25) is 9.59 Å². The van der Waals surface area contributed by atoms with Crippen molar-refractivity contribution < 1.29 is 14.3 Å². The molecule has 2 aromatic heterocycles. The van der Waals surface area contributed by atoms with Gasteiger partial charge in [0.25, 0.3) is 5.56 Å². The van der Waals surface area contributed by atoms with Crippen LogP contribution in [-0.2, 0) is 22.7 Å². The molecule has 2 N–H and O–H groups in total. The van der Waals surface area contributed by atoms with Crippen molar-refractivity contribution >= 4 is 11.7 Å². The van der Waals surface area contributed by atoms with E-state index in [0.29, 0.717) is 17.3 Å². The third kappa shape index (κ3) is 4.07. The minimum atomic E-state index is -0.549. The summed E-state index contributed by atoms with van der Waals surface area (Å²) in [5.74, 6) is -0.108. The van der Waals surface area contributed by atoms with Gasteiger partial charge in [0.1, 0.15) is 13.2 Å². The molecule has 0 saturated heterocycles. The van der Waals surface area contributed by atoms with Gasteiger partial charge in [-0.25, -0.2) is 4.98 Å². The lowest BCUT2D eigenvalue weighted by Crippen LogP contribution is -2.24. The SMILES string of the molecule is COc1cccc(COC(=O)Cn2cc(N)ccc2=O)n1. The summed E-state index contributed by atoms with van der Waals surface area (Å²) < 4.78 is 11.2. The van der Waals surface area contributed by atoms with Crippen molar-refractivity contribution in [1.82, 2.24) is 9.55 Å². The number of carbonyl (C=O) groups is 1. The Morgan fingerprint density at radius 2 is 2.14 bits per heavy atom. The summed E-state index contributed by atoms with van der Waals surface area (Å²) in [5, 5.41) is 0. The van der Waals surface area contributed by atoms with E-state index < -0.39 is 5.97 Å². The Labute approximate surface area is 120 Å². The molecule has 7 nitrogen and oxygen atoms in total. The molecular weight excluding hydrogens is 274 g/mol. The lowest BCUT2D eigenvalue weighted by atomic mass is 10.3. The summed E-state index contributed by atoms with van der Waals surface area (Å²) in [5.41, 5.74) is 6.20. The highest BCUT2D eigenvalue weighted by atomic mass is 16.5. The number of esters is 1. The molecule has 0 fully saturated rings. The second-order valence-electron chi connectivity index (χ2n) is 4.26. The highest BCUT2D eigenvalue weighted by Gasteiger charge is 2.07. The zero-order chi connectivity index (χ0) is 15.2. The van der Waals surface area contributed by atoms with Crippen LogP contribution in [0.4, 0.5) is 5.69 Å². The van der Waals surface area contributed by atoms with Crippen LogP contribution >= 0.6 is 0 Å². The number of methoxy groups -OCH3 is 1. The number of nitrogen functional groups attached to an aromatic ring is 1. The number of anilines is 1. The van der Waals surface area contributed by atoms with Crippen LogP contribution in [0.15, 0.2) is 41.3 Å². The van der Waals surface area contributed by atoms with Gasteiger partial charge in [-0.1, -0.05) is 6.07 Å². The Kier molecular flexibility index (Phi) is 4.55. The maximum Gasteiger partial charge on any atom is 0.326 e. The number of nitrogens with zero attached hydrogens (tertiary/aromatic N) is 2. The van der Waals surface area contributed by atoms with E-state index in [1.54, 1.807) is 18.2 Å². The smallest absolute Gasteiger partial charge is 0.326 e. The fraction of sp³-hybridized carbons (Fsp3) is 0.214. The largest absolute Gasteiger partial charge is 0.481 e. The molecule has 2 heterocycles. The van der Waals surface area contributed by atoms with Gasteiger partial charge in [0, 0.05) is 24.0 Å². The van der Waals surface area contributed by atoms with E-state index in [2.05, 4.69) is 4.98 Å². The van der Waals surface area contributed by atoms with Crippen LogP contribution in [0.25, 0.3) is 0 Å². The quantitative estimate of drug-likeness (QED) is 0.809. The summed E-state index contributed by atoms with van der Waals surface area (Å²) in [7, 11) is 1.50. The number of hydrogen-bond donors (Lipinski definition) is 1. The van der Waals surface area contributed by atoms with Crippen LogP contribution in [0, 0.1) is 0 Å². The highest BCUT2D eigenvalue weighted by Crippen LogP contribution is 2.07. The van der Waals surface area contributed by atoms with Gasteiger partial charge in [0.15, 0.2) is 0 Å². The average Bonchev–Trinajstić information content (AvgIpc) is 2.49. The monoisotopic (exact) mass is 289 g/mol. The molecule has 0 amide bonds. The van der Waals surface area contributed by atoms with Crippen LogP contribution in [0.3, 0.4) is 0 Å². The molecule has 0 unspecified atom stereocenters. The lowest BCUT2D eigenvalue weighted by molar-refractivity contribution is -0.145. The van der Waals surface area contributed by atoms with Crippen LogP contribution in [-0.4, -0.2) is 22.6 Å². The zero-order valence-corrected chi connectivity index (χ0v) is 11.5. The van der Waals surface area contributed by atoms with Gasteiger partial charge in [-0.15, -0.1) is 0 Å². The highest BCUT2D eigenvalue weighted by molar-refractivity contribution is 5.69. The standard InChI is InChI=1S/C14H15N3O4/c1-20-12-4-2-3-11(16-12)9-21-14(19)8-17-7-10(15)5-6-13(17)18/h2-7H,8-9,15H2,1H3. The van der Waals surface area contributed by atoms with Gasteiger partial charge in [0.05, 0.1) is 12.8 Å². The van der Waals surface area contributed by atoms with Crippen LogP contribution in [0.5, 0.6) is 5.88 Å². The number of carbonyl (C=O) groups excluding carboxylic acids is 1. The molecule has 2 rings (SSSR count). The molecule has 0 aliphatic carbocycles. The Hall–Kier alpha value is -2.83. The fourth-order valence-electron chi connectivity index (χ4n) is 1.66. The molecular formula is C14H15N3O4. The minimum absolute atomic E-state index is 0.00704. The molecule has 0 aliphatic heterocycles. The molecule has 2 aromatic rings. The van der Waals surface area contributed by atoms with Gasteiger partial charge >= 0.3 is 5.97 Å². The van der Waals surface area contributed by atoms with Gasteiger partial charge in [0.2, 0.25) is 5.88 Å². The Bertz CT molecular complexity index is 697. The van der Waals surface area contributed by atoms with Crippen molar-refractivity contribution in [2.45, 2.75) is 13.2 Å². The lowest BCUT2D eigenvalue weighted by Gasteiger charge is -2.07. The number of hydrogen-bond acceptors (Lipinski definition) is 6. The second-order valence-corrected chi connectivity index (χ2v) is 4.26. The molecule has 0 radical (unpaired) electrons. The van der Waals surface area contributed by atoms with Crippen molar-refractivity contribution in [1.29, 1.82) is 0 Å². The summed E-state index contributed by atoms with van der Waals surface area (Å²) in [4.78, 5) is 27.4. The molecule has 0 spiro atoms. The molecule has 0 saturated carbocycles. The van der Waals surface area contributed by atoms with Gasteiger partial charge in [-0.2, -0.15) is 0 Å². The topological polar surface area (TPSA) is 96.4 Å². The van der Waals surface area contributed by atoms with E-state index in [-0.39, 0.29) is 18.7 Å². The van der Waals surface area contributed by atoms with Crippen molar-refractivity contribution in [2.24, 2.45) is 0 Å². The summed E-state index contributed by atoms with van der Waals surface area (Å²) in [6, 6.07) is 7.92. The first-order chi connectivity index (χ1) is 10.1. The van der Waals surface area contributed by atoms with E-state index in [9.17, 15) is 9.59 Å². The van der Waals surface area contributed by atoms with Crippen molar-refractivity contribution in [3.05, 3.63) is 52.6 Å². The summed E-state index contributed by atoms with van der Waals surface area (Å²) in [6.07, 6.45) is 1.40. The van der Waals surface area contributed by atoms with E-state index in [1.165, 1.54) is 30.0 Å². The van der Waals surface area contributed by atoms with E-state index in [1.807, 2.05) is 0 Å². The van der Waals surface area contributed by atoms with Crippen molar-refractivity contribution in [3.63, 3.8) is 0 Å². The van der Waals surface area contributed by atoms with E-state index >= 15 is 0 Å². The van der Waals surface area contributed by atoms with Crippen molar-refractivity contribution in [3.8, 4) is 5.88 Å². The van der Waals surface area contributed by atoms with Crippen molar-refractivity contribution in [2.75, 3.05) is 12.8 Å². The molecule has 0 aromatic carbocycles. The van der Waals surface area contributed by atoms with Crippen LogP contribution in [0.2, 0.25) is 0 Å². The van der Waals surface area contributed by atoms with Gasteiger partial charge < -0.3 is 19.8 Å². The molecule has 0 bridgehead atoms. The number of nitrogens with two attached hydrogens (primary N) is 1. The fourth-order valence-corrected chi connectivity index (χ4v) is 1.66. The number of pyridine rings is 2. The molecule has 0 aliphatic rings. The molecule has 7 heteroatoms. The number of aromatic nitrogens is 2. The number of rotatable bonds is 5. The maximum atomic E-state index is 11.7. The number of ether oxygens (including phenoxy) is 2. The van der Waals surface area contributed by atoms with Gasteiger partial charge in [-0.05, 0) is 12.1 Å². The zero-order valence-electron chi connectivity index (χ0n) is 11.5.